The van der Waals surface area contributed by atoms with Crippen molar-refractivity contribution >= 4 is 12.5 Å². The minimum atomic E-state index is 0.658. The lowest BCUT2D eigenvalue weighted by Crippen LogP contribution is -2.02. The highest BCUT2D eigenvalue weighted by molar-refractivity contribution is 5.91. The molecule has 0 aliphatic heterocycles. The molecular formula is C17H18N2O2. The van der Waals surface area contributed by atoms with E-state index in [-0.39, 0.29) is 0 Å². The van der Waals surface area contributed by atoms with E-state index in [4.69, 9.17) is 4.74 Å². The van der Waals surface area contributed by atoms with Crippen molar-refractivity contribution in [3.05, 3.63) is 53.6 Å². The molecule has 0 amide bonds. The van der Waals surface area contributed by atoms with Gasteiger partial charge in [0, 0.05) is 25.2 Å². The topological polar surface area (TPSA) is 41.9 Å². The molecule has 0 spiro atoms. The van der Waals surface area contributed by atoms with Gasteiger partial charge in [-0.15, -0.1) is 0 Å². The number of aldehydes is 1. The molecule has 0 aromatic heterocycles. The normalized spacial score (nSPS) is 10.6. The van der Waals surface area contributed by atoms with Crippen LogP contribution in [0.1, 0.15) is 15.9 Å². The number of methoxy groups -OCH3 is 1. The van der Waals surface area contributed by atoms with Crippen molar-refractivity contribution in [1.82, 2.24) is 5.01 Å². The Balaban J connectivity index is 2.49. The summed E-state index contributed by atoms with van der Waals surface area (Å²) in [5.41, 5.74) is 3.67. The van der Waals surface area contributed by atoms with Crippen LogP contribution in [0.15, 0.2) is 47.6 Å². The molecule has 0 unspecified atom stereocenters. The molecule has 0 fully saturated rings. The smallest absolute Gasteiger partial charge is 0.150 e. The Bertz CT molecular complexity index is 646. The van der Waals surface area contributed by atoms with Gasteiger partial charge >= 0.3 is 0 Å². The quantitative estimate of drug-likeness (QED) is 0.481. The molecule has 0 heterocycles. The van der Waals surface area contributed by atoms with Crippen molar-refractivity contribution < 1.29 is 9.53 Å². The van der Waals surface area contributed by atoms with E-state index in [2.05, 4.69) is 5.10 Å². The van der Waals surface area contributed by atoms with Gasteiger partial charge < -0.3 is 9.75 Å². The lowest BCUT2D eigenvalue weighted by Gasteiger charge is -2.10. The van der Waals surface area contributed by atoms with E-state index in [9.17, 15) is 4.79 Å². The van der Waals surface area contributed by atoms with Gasteiger partial charge in [-0.2, -0.15) is 5.10 Å². The molecule has 0 bridgehead atoms. The molecule has 2 aromatic rings. The summed E-state index contributed by atoms with van der Waals surface area (Å²) >= 11 is 0. The second-order valence-electron chi connectivity index (χ2n) is 4.78. The number of hydrazone groups is 1. The standard InChI is InChI=1S/C17H18N2O2/c1-19(2)18-11-15-8-9-16(21-3)10-17(15)14-6-4-13(12-20)5-7-14/h4-12H,1-3H3/b18-11+. The van der Waals surface area contributed by atoms with E-state index in [0.29, 0.717) is 5.56 Å². The van der Waals surface area contributed by atoms with Gasteiger partial charge in [0.1, 0.15) is 12.0 Å². The summed E-state index contributed by atoms with van der Waals surface area (Å²) in [6, 6.07) is 13.3. The Labute approximate surface area is 124 Å². The van der Waals surface area contributed by atoms with Crippen LogP contribution in [0.25, 0.3) is 11.1 Å². The molecular weight excluding hydrogens is 264 g/mol. The number of nitrogens with zero attached hydrogens (tertiary/aromatic N) is 2. The summed E-state index contributed by atoms with van der Waals surface area (Å²) in [6.45, 7) is 0. The third-order valence-electron chi connectivity index (χ3n) is 3.05. The fraction of sp³-hybridized carbons (Fsp3) is 0.176. The predicted octanol–water partition coefficient (Wildman–Crippen LogP) is 3.07. The second kappa shape index (κ2) is 6.70. The van der Waals surface area contributed by atoms with Gasteiger partial charge in [-0.05, 0) is 29.3 Å². The maximum absolute atomic E-state index is 10.8. The highest BCUT2D eigenvalue weighted by atomic mass is 16.5. The third-order valence-corrected chi connectivity index (χ3v) is 3.05. The maximum Gasteiger partial charge on any atom is 0.150 e. The van der Waals surface area contributed by atoms with Crippen LogP contribution in [0.2, 0.25) is 0 Å². The van der Waals surface area contributed by atoms with E-state index in [1.165, 1.54) is 0 Å². The average Bonchev–Trinajstić information content (AvgIpc) is 2.52. The van der Waals surface area contributed by atoms with E-state index >= 15 is 0 Å². The third kappa shape index (κ3) is 3.69. The van der Waals surface area contributed by atoms with Gasteiger partial charge in [-0.25, -0.2) is 0 Å². The van der Waals surface area contributed by atoms with E-state index < -0.39 is 0 Å². The molecule has 21 heavy (non-hydrogen) atoms. The Morgan fingerprint density at radius 1 is 1.10 bits per heavy atom. The number of ether oxygens (including phenoxy) is 1. The van der Waals surface area contributed by atoms with Gasteiger partial charge in [0.25, 0.3) is 0 Å². The summed E-state index contributed by atoms with van der Waals surface area (Å²) in [5.74, 6) is 0.784. The molecule has 2 rings (SSSR count). The van der Waals surface area contributed by atoms with Crippen molar-refractivity contribution in [1.29, 1.82) is 0 Å². The van der Waals surface area contributed by atoms with Crippen LogP contribution >= 0.6 is 0 Å². The Morgan fingerprint density at radius 3 is 2.38 bits per heavy atom. The molecule has 0 aliphatic rings. The van der Waals surface area contributed by atoms with Crippen LogP contribution in [0.4, 0.5) is 0 Å². The number of carbonyl (C=O) groups excluding carboxylic acids is 1. The van der Waals surface area contributed by atoms with Crippen molar-refractivity contribution in [2.45, 2.75) is 0 Å². The minimum Gasteiger partial charge on any atom is -0.497 e. The van der Waals surface area contributed by atoms with Crippen LogP contribution in [-0.2, 0) is 0 Å². The van der Waals surface area contributed by atoms with Crippen molar-refractivity contribution in [2.75, 3.05) is 21.2 Å². The van der Waals surface area contributed by atoms with Crippen molar-refractivity contribution in [2.24, 2.45) is 5.10 Å². The summed E-state index contributed by atoms with van der Waals surface area (Å²) in [6.07, 6.45) is 2.65. The zero-order valence-corrected chi connectivity index (χ0v) is 12.4. The minimum absolute atomic E-state index is 0.658. The van der Waals surface area contributed by atoms with Gasteiger partial charge in [0.05, 0.1) is 13.3 Å². The van der Waals surface area contributed by atoms with E-state index in [0.717, 1.165) is 28.7 Å². The van der Waals surface area contributed by atoms with Crippen LogP contribution in [-0.4, -0.2) is 38.7 Å². The Morgan fingerprint density at radius 2 is 1.81 bits per heavy atom. The van der Waals surface area contributed by atoms with Gasteiger partial charge in [-0.1, -0.05) is 24.3 Å². The highest BCUT2D eigenvalue weighted by Gasteiger charge is 2.06. The molecule has 0 saturated heterocycles. The molecule has 0 N–H and O–H groups in total. The molecule has 0 atom stereocenters. The Hall–Kier alpha value is -2.62. The SMILES string of the molecule is COc1ccc(/C=N/N(C)C)c(-c2ccc(C=O)cc2)c1. The summed E-state index contributed by atoms with van der Waals surface area (Å²) < 4.78 is 5.29. The highest BCUT2D eigenvalue weighted by Crippen LogP contribution is 2.27. The average molecular weight is 282 g/mol. The van der Waals surface area contributed by atoms with E-state index in [1.54, 1.807) is 24.3 Å². The van der Waals surface area contributed by atoms with E-state index in [1.807, 2.05) is 50.6 Å². The zero-order chi connectivity index (χ0) is 15.2. The number of rotatable bonds is 5. The van der Waals surface area contributed by atoms with Crippen LogP contribution in [0.5, 0.6) is 5.75 Å². The molecule has 0 aliphatic carbocycles. The predicted molar refractivity (Wildman–Crippen MR) is 85.1 cm³/mol. The monoisotopic (exact) mass is 282 g/mol. The fourth-order valence-electron chi connectivity index (χ4n) is 1.94. The first-order valence-electron chi connectivity index (χ1n) is 6.59. The van der Waals surface area contributed by atoms with Crippen LogP contribution in [0, 0.1) is 0 Å². The zero-order valence-electron chi connectivity index (χ0n) is 12.4. The summed E-state index contributed by atoms with van der Waals surface area (Å²) in [4.78, 5) is 10.8. The molecule has 0 radical (unpaired) electrons. The van der Waals surface area contributed by atoms with Crippen molar-refractivity contribution in [3.63, 3.8) is 0 Å². The molecule has 4 nitrogen and oxygen atoms in total. The lowest BCUT2D eigenvalue weighted by atomic mass is 9.99. The lowest BCUT2D eigenvalue weighted by molar-refractivity contribution is 0.112. The number of hydrogen-bond donors (Lipinski definition) is 0. The van der Waals surface area contributed by atoms with Gasteiger partial charge in [0.15, 0.2) is 0 Å². The number of benzene rings is 2. The van der Waals surface area contributed by atoms with Gasteiger partial charge in [0.2, 0.25) is 0 Å². The molecule has 2 aromatic carbocycles. The number of carbonyl (C=O) groups is 1. The van der Waals surface area contributed by atoms with Crippen molar-refractivity contribution in [3.8, 4) is 16.9 Å². The first-order valence-corrected chi connectivity index (χ1v) is 6.59. The number of hydrogen-bond acceptors (Lipinski definition) is 4. The first-order chi connectivity index (χ1) is 10.1. The summed E-state index contributed by atoms with van der Waals surface area (Å²) in [7, 11) is 5.39. The fourth-order valence-corrected chi connectivity index (χ4v) is 1.94. The molecule has 4 heteroatoms. The van der Waals surface area contributed by atoms with Crippen LogP contribution in [0.3, 0.4) is 0 Å². The molecule has 108 valence electrons. The first kappa shape index (κ1) is 14.8. The second-order valence-corrected chi connectivity index (χ2v) is 4.78. The Kier molecular flexibility index (Phi) is 4.72. The summed E-state index contributed by atoms with van der Waals surface area (Å²) in [5, 5.41) is 6.02. The maximum atomic E-state index is 10.8. The molecule has 0 saturated carbocycles. The largest absolute Gasteiger partial charge is 0.497 e. The van der Waals surface area contributed by atoms with Crippen LogP contribution < -0.4 is 4.74 Å². The van der Waals surface area contributed by atoms with Gasteiger partial charge in [-0.3, -0.25) is 4.79 Å².